The van der Waals surface area contributed by atoms with E-state index < -0.39 is 11.6 Å². The molecule has 0 nitrogen and oxygen atoms in total. The highest BCUT2D eigenvalue weighted by Crippen LogP contribution is 2.44. The van der Waals surface area contributed by atoms with Crippen LogP contribution in [-0.4, -0.2) is 0 Å². The Labute approximate surface area is 232 Å². The Kier molecular flexibility index (Phi) is 12.0. The van der Waals surface area contributed by atoms with Gasteiger partial charge in [-0.3, -0.25) is 0 Å². The molecule has 1 aromatic carbocycles. The van der Waals surface area contributed by atoms with Crippen molar-refractivity contribution in [3.05, 3.63) is 53.1 Å². The molecule has 0 radical (unpaired) electrons. The van der Waals surface area contributed by atoms with Crippen LogP contribution in [0.2, 0.25) is 0 Å². The Bertz CT molecular complexity index is 896. The maximum atomic E-state index is 14.7. The number of benzene rings is 1. The first kappa shape index (κ1) is 29.5. The van der Waals surface area contributed by atoms with E-state index in [-0.39, 0.29) is 0 Å². The third-order valence-electron chi connectivity index (χ3n) is 10.4. The summed E-state index contributed by atoms with van der Waals surface area (Å²) in [4.78, 5) is 0. The first-order valence-corrected chi connectivity index (χ1v) is 16.4. The second-order valence-electron chi connectivity index (χ2n) is 13.0. The van der Waals surface area contributed by atoms with E-state index >= 15 is 0 Å². The van der Waals surface area contributed by atoms with Gasteiger partial charge < -0.3 is 0 Å². The Balaban J connectivity index is 1.13. The summed E-state index contributed by atoms with van der Waals surface area (Å²) in [5.74, 6) is 3.38. The van der Waals surface area contributed by atoms with Gasteiger partial charge in [0.1, 0.15) is 0 Å². The van der Waals surface area contributed by atoms with Crippen LogP contribution in [0.1, 0.15) is 141 Å². The molecule has 1 atom stereocenters. The first-order valence-electron chi connectivity index (χ1n) is 16.4. The van der Waals surface area contributed by atoms with Crippen molar-refractivity contribution < 1.29 is 8.78 Å². The topological polar surface area (TPSA) is 0 Å². The second kappa shape index (κ2) is 15.4. The van der Waals surface area contributed by atoms with E-state index in [1.165, 1.54) is 89.9 Å². The molecule has 38 heavy (non-hydrogen) atoms. The van der Waals surface area contributed by atoms with Gasteiger partial charge in [0.25, 0.3) is 0 Å². The third-order valence-corrected chi connectivity index (χ3v) is 10.4. The molecule has 3 aliphatic rings. The highest BCUT2D eigenvalue weighted by molar-refractivity contribution is 5.67. The number of allylic oxidation sites excluding steroid dienone is 4. The summed E-state index contributed by atoms with van der Waals surface area (Å²) in [6.07, 6.45) is 31.1. The molecule has 0 aromatic heterocycles. The number of hydrogen-bond acceptors (Lipinski definition) is 0. The van der Waals surface area contributed by atoms with E-state index in [0.29, 0.717) is 17.5 Å². The monoisotopic (exact) mass is 524 g/mol. The quantitative estimate of drug-likeness (QED) is 0.188. The highest BCUT2D eigenvalue weighted by Gasteiger charge is 2.31. The number of halogens is 2. The zero-order chi connectivity index (χ0) is 26.7. The first-order chi connectivity index (χ1) is 18.6. The molecule has 2 fully saturated rings. The standard InChI is InChI=1S/C36H54F2/c1-3-5-6-7-8-10-27-13-19-30(20-14-27)31-21-15-28(16-22-31)11-12-29-17-23-32(24-18-29)34-26-25-33(9-4-2)35(37)36(34)38/h5-6,23,25-31H,3-4,7-22,24H2,1-2H3/b6-5-. The van der Waals surface area contributed by atoms with Crippen molar-refractivity contribution in [2.24, 2.45) is 29.6 Å². The molecule has 0 heterocycles. The number of hydrogen-bond donors (Lipinski definition) is 0. The van der Waals surface area contributed by atoms with E-state index in [0.717, 1.165) is 60.8 Å². The molecule has 4 rings (SSSR count). The molecule has 0 aliphatic heterocycles. The Hall–Kier alpha value is -1.44. The largest absolute Gasteiger partial charge is 0.203 e. The molecular formula is C36H54F2. The summed E-state index contributed by atoms with van der Waals surface area (Å²) < 4.78 is 29.2. The number of aryl methyl sites for hydroxylation is 1. The Morgan fingerprint density at radius 1 is 0.737 bits per heavy atom. The smallest absolute Gasteiger partial charge is 0.166 e. The summed E-state index contributed by atoms with van der Waals surface area (Å²) in [5.41, 5.74) is 2.03. The average molecular weight is 525 g/mol. The van der Waals surface area contributed by atoms with E-state index in [1.807, 2.05) is 13.0 Å². The average Bonchev–Trinajstić information content (AvgIpc) is 2.95. The summed E-state index contributed by atoms with van der Waals surface area (Å²) in [6, 6.07) is 3.60. The molecule has 0 N–H and O–H groups in total. The van der Waals surface area contributed by atoms with E-state index in [1.54, 1.807) is 6.07 Å². The van der Waals surface area contributed by atoms with Gasteiger partial charge in [0.15, 0.2) is 11.6 Å². The van der Waals surface area contributed by atoms with Crippen molar-refractivity contribution in [3.63, 3.8) is 0 Å². The number of unbranched alkanes of at least 4 members (excludes halogenated alkanes) is 1. The van der Waals surface area contributed by atoms with Crippen LogP contribution in [0.5, 0.6) is 0 Å². The molecule has 2 heteroatoms. The van der Waals surface area contributed by atoms with E-state index in [2.05, 4.69) is 25.2 Å². The maximum absolute atomic E-state index is 14.7. The van der Waals surface area contributed by atoms with Crippen LogP contribution in [0, 0.1) is 41.2 Å². The predicted octanol–water partition coefficient (Wildman–Crippen LogP) is 11.6. The van der Waals surface area contributed by atoms with Gasteiger partial charge in [-0.2, -0.15) is 0 Å². The van der Waals surface area contributed by atoms with Gasteiger partial charge >= 0.3 is 0 Å². The minimum atomic E-state index is -0.634. The fourth-order valence-corrected chi connectivity index (χ4v) is 7.87. The maximum Gasteiger partial charge on any atom is 0.166 e. The molecule has 212 valence electrons. The molecular weight excluding hydrogens is 470 g/mol. The van der Waals surface area contributed by atoms with Gasteiger partial charge in [-0.1, -0.05) is 89.2 Å². The van der Waals surface area contributed by atoms with Gasteiger partial charge in [-0.05, 0) is 118 Å². The van der Waals surface area contributed by atoms with Crippen molar-refractivity contribution in [3.8, 4) is 0 Å². The summed E-state index contributed by atoms with van der Waals surface area (Å²) in [7, 11) is 0. The third kappa shape index (κ3) is 8.28. The van der Waals surface area contributed by atoms with Crippen LogP contribution in [0.4, 0.5) is 8.78 Å². The van der Waals surface area contributed by atoms with Crippen LogP contribution in [0.15, 0.2) is 30.4 Å². The van der Waals surface area contributed by atoms with Gasteiger partial charge in [0.2, 0.25) is 0 Å². The zero-order valence-electron chi connectivity index (χ0n) is 24.5. The summed E-state index contributed by atoms with van der Waals surface area (Å²) >= 11 is 0. The highest BCUT2D eigenvalue weighted by atomic mass is 19.2. The molecule has 1 unspecified atom stereocenters. The molecule has 0 bridgehead atoms. The van der Waals surface area contributed by atoms with Crippen molar-refractivity contribution in [1.29, 1.82) is 0 Å². The lowest BCUT2D eigenvalue weighted by molar-refractivity contribution is 0.138. The molecule has 3 aliphatic carbocycles. The molecule has 1 aromatic rings. The zero-order valence-corrected chi connectivity index (χ0v) is 24.5. The van der Waals surface area contributed by atoms with Crippen molar-refractivity contribution >= 4 is 5.57 Å². The fraction of sp³-hybridized carbons (Fsp3) is 0.722. The van der Waals surface area contributed by atoms with Crippen molar-refractivity contribution in [2.45, 2.75) is 136 Å². The van der Waals surface area contributed by atoms with Crippen LogP contribution in [0.3, 0.4) is 0 Å². The van der Waals surface area contributed by atoms with E-state index in [4.69, 9.17) is 0 Å². The molecule has 0 spiro atoms. The van der Waals surface area contributed by atoms with Crippen LogP contribution in [-0.2, 0) is 6.42 Å². The molecule has 0 amide bonds. The SMILES string of the molecule is CC/C=C\CCCC1CCC(C2CCC(CCC3CC=C(c4ccc(CCC)c(F)c4F)CC3)CC2)CC1. The van der Waals surface area contributed by atoms with Crippen LogP contribution in [0.25, 0.3) is 5.57 Å². The lowest BCUT2D eigenvalue weighted by atomic mass is 9.68. The Morgan fingerprint density at radius 3 is 2.00 bits per heavy atom. The lowest BCUT2D eigenvalue weighted by Gasteiger charge is -2.38. The van der Waals surface area contributed by atoms with Gasteiger partial charge in [0, 0.05) is 5.56 Å². The second-order valence-corrected chi connectivity index (χ2v) is 13.0. The van der Waals surface area contributed by atoms with Crippen molar-refractivity contribution in [2.75, 3.05) is 0 Å². The van der Waals surface area contributed by atoms with E-state index in [9.17, 15) is 8.78 Å². The number of rotatable bonds is 12. The van der Waals surface area contributed by atoms with Gasteiger partial charge in [0.05, 0.1) is 0 Å². The normalized spacial score (nSPS) is 28.5. The van der Waals surface area contributed by atoms with Crippen molar-refractivity contribution in [1.82, 2.24) is 0 Å². The minimum Gasteiger partial charge on any atom is -0.203 e. The van der Waals surface area contributed by atoms with Crippen LogP contribution < -0.4 is 0 Å². The summed E-state index contributed by atoms with van der Waals surface area (Å²) in [6.45, 7) is 4.22. The lowest BCUT2D eigenvalue weighted by Crippen LogP contribution is -2.26. The predicted molar refractivity (Wildman–Crippen MR) is 159 cm³/mol. The fourth-order valence-electron chi connectivity index (χ4n) is 7.87. The minimum absolute atomic E-state index is 0.497. The summed E-state index contributed by atoms with van der Waals surface area (Å²) in [5, 5.41) is 0. The Morgan fingerprint density at radius 2 is 1.39 bits per heavy atom. The molecule has 0 saturated heterocycles. The van der Waals surface area contributed by atoms with Gasteiger partial charge in [-0.15, -0.1) is 0 Å². The van der Waals surface area contributed by atoms with Crippen LogP contribution >= 0.6 is 0 Å². The molecule has 2 saturated carbocycles. The van der Waals surface area contributed by atoms with Gasteiger partial charge in [-0.25, -0.2) is 8.78 Å².